The third-order valence-electron chi connectivity index (χ3n) is 4.01. The van der Waals surface area contributed by atoms with Crippen molar-refractivity contribution in [1.82, 2.24) is 4.90 Å². The van der Waals surface area contributed by atoms with Crippen LogP contribution in [0.25, 0.3) is 0 Å². The zero-order valence-electron chi connectivity index (χ0n) is 9.45. The molecule has 0 aromatic heterocycles. The SMILES string of the molecule is CCC1CC(C)CN1[C@H]1CCC[C@@H]1O. The molecule has 2 unspecified atom stereocenters. The number of likely N-dealkylation sites (tertiary alicyclic amines) is 1. The molecule has 2 aliphatic rings. The van der Waals surface area contributed by atoms with Crippen molar-refractivity contribution in [1.29, 1.82) is 0 Å². The van der Waals surface area contributed by atoms with E-state index in [1.165, 1.54) is 32.2 Å². The first-order valence-electron chi connectivity index (χ1n) is 6.16. The number of rotatable bonds is 2. The van der Waals surface area contributed by atoms with E-state index in [0.717, 1.165) is 18.4 Å². The third-order valence-corrected chi connectivity index (χ3v) is 4.01. The molecule has 2 fully saturated rings. The van der Waals surface area contributed by atoms with Crippen LogP contribution in [0.1, 0.15) is 46.0 Å². The molecule has 0 aromatic rings. The van der Waals surface area contributed by atoms with Crippen molar-refractivity contribution in [3.05, 3.63) is 0 Å². The van der Waals surface area contributed by atoms with Crippen molar-refractivity contribution in [3.8, 4) is 0 Å². The van der Waals surface area contributed by atoms with Gasteiger partial charge in [0, 0.05) is 18.6 Å². The summed E-state index contributed by atoms with van der Waals surface area (Å²) in [5.74, 6) is 0.827. The lowest BCUT2D eigenvalue weighted by molar-refractivity contribution is 0.0608. The second kappa shape index (κ2) is 4.19. The van der Waals surface area contributed by atoms with Crippen molar-refractivity contribution in [2.75, 3.05) is 6.54 Å². The molecule has 1 heterocycles. The minimum absolute atomic E-state index is 0.0469. The summed E-state index contributed by atoms with van der Waals surface area (Å²) >= 11 is 0. The molecule has 0 amide bonds. The Morgan fingerprint density at radius 1 is 1.36 bits per heavy atom. The highest BCUT2D eigenvalue weighted by molar-refractivity contribution is 4.93. The normalized spacial score (nSPS) is 44.8. The monoisotopic (exact) mass is 197 g/mol. The van der Waals surface area contributed by atoms with Gasteiger partial charge >= 0.3 is 0 Å². The van der Waals surface area contributed by atoms with Gasteiger partial charge in [-0.05, 0) is 38.0 Å². The lowest BCUT2D eigenvalue weighted by Crippen LogP contribution is -2.43. The predicted molar refractivity (Wildman–Crippen MR) is 58.2 cm³/mol. The predicted octanol–water partition coefficient (Wildman–Crippen LogP) is 2.02. The zero-order valence-corrected chi connectivity index (χ0v) is 9.45. The average Bonchev–Trinajstić information content (AvgIpc) is 2.71. The third kappa shape index (κ3) is 1.82. The molecule has 2 heteroatoms. The molecule has 1 N–H and O–H groups in total. The van der Waals surface area contributed by atoms with Gasteiger partial charge in [0.05, 0.1) is 6.10 Å². The summed E-state index contributed by atoms with van der Waals surface area (Å²) in [5, 5.41) is 9.91. The van der Waals surface area contributed by atoms with Gasteiger partial charge < -0.3 is 5.11 Å². The second-order valence-corrected chi connectivity index (χ2v) is 5.17. The van der Waals surface area contributed by atoms with Crippen LogP contribution in [0.2, 0.25) is 0 Å². The number of hydrogen-bond donors (Lipinski definition) is 1. The van der Waals surface area contributed by atoms with Crippen molar-refractivity contribution in [3.63, 3.8) is 0 Å². The molecule has 4 atom stereocenters. The van der Waals surface area contributed by atoms with Gasteiger partial charge in [0.25, 0.3) is 0 Å². The van der Waals surface area contributed by atoms with E-state index in [4.69, 9.17) is 0 Å². The maximum Gasteiger partial charge on any atom is 0.0695 e. The van der Waals surface area contributed by atoms with Crippen molar-refractivity contribution in [2.24, 2.45) is 5.92 Å². The number of hydrogen-bond acceptors (Lipinski definition) is 2. The van der Waals surface area contributed by atoms with Crippen molar-refractivity contribution >= 4 is 0 Å². The molecule has 0 radical (unpaired) electrons. The first-order chi connectivity index (χ1) is 6.72. The minimum atomic E-state index is -0.0469. The van der Waals surface area contributed by atoms with Gasteiger partial charge in [-0.1, -0.05) is 13.8 Å². The molecule has 2 rings (SSSR count). The lowest BCUT2D eigenvalue weighted by Gasteiger charge is -2.32. The minimum Gasteiger partial charge on any atom is -0.391 e. The first-order valence-corrected chi connectivity index (χ1v) is 6.16. The van der Waals surface area contributed by atoms with Gasteiger partial charge in [-0.25, -0.2) is 0 Å². The fourth-order valence-electron chi connectivity index (χ4n) is 3.30. The van der Waals surface area contributed by atoms with Crippen LogP contribution >= 0.6 is 0 Å². The Kier molecular flexibility index (Phi) is 3.13. The highest BCUT2D eigenvalue weighted by Gasteiger charge is 2.38. The Hall–Kier alpha value is -0.0800. The number of aliphatic hydroxyl groups is 1. The molecule has 2 nitrogen and oxygen atoms in total. The van der Waals surface area contributed by atoms with Crippen LogP contribution in [0, 0.1) is 5.92 Å². The van der Waals surface area contributed by atoms with Gasteiger partial charge in [0.15, 0.2) is 0 Å². The maximum atomic E-state index is 9.91. The Balaban J connectivity index is 2.01. The molecular formula is C12H23NO. The van der Waals surface area contributed by atoms with Gasteiger partial charge in [-0.3, -0.25) is 4.90 Å². The Morgan fingerprint density at radius 2 is 2.14 bits per heavy atom. The van der Waals surface area contributed by atoms with E-state index in [1.54, 1.807) is 0 Å². The maximum absolute atomic E-state index is 9.91. The molecule has 1 saturated carbocycles. The average molecular weight is 197 g/mol. The van der Waals surface area contributed by atoms with E-state index < -0.39 is 0 Å². The molecule has 1 aliphatic carbocycles. The van der Waals surface area contributed by atoms with E-state index >= 15 is 0 Å². The zero-order chi connectivity index (χ0) is 10.1. The lowest BCUT2D eigenvalue weighted by atomic mass is 10.1. The second-order valence-electron chi connectivity index (χ2n) is 5.17. The topological polar surface area (TPSA) is 23.5 Å². The fourth-order valence-corrected chi connectivity index (χ4v) is 3.30. The highest BCUT2D eigenvalue weighted by atomic mass is 16.3. The van der Waals surface area contributed by atoms with Crippen molar-refractivity contribution in [2.45, 2.75) is 64.1 Å². The van der Waals surface area contributed by atoms with E-state index in [9.17, 15) is 5.11 Å². The summed E-state index contributed by atoms with van der Waals surface area (Å²) in [4.78, 5) is 2.59. The van der Waals surface area contributed by atoms with E-state index in [2.05, 4.69) is 18.7 Å². The van der Waals surface area contributed by atoms with E-state index in [0.29, 0.717) is 6.04 Å². The van der Waals surface area contributed by atoms with Crippen LogP contribution < -0.4 is 0 Å². The molecule has 1 saturated heterocycles. The summed E-state index contributed by atoms with van der Waals surface area (Å²) < 4.78 is 0. The highest BCUT2D eigenvalue weighted by Crippen LogP contribution is 2.33. The summed E-state index contributed by atoms with van der Waals surface area (Å²) in [6, 6.07) is 1.22. The first kappa shape index (κ1) is 10.4. The fraction of sp³-hybridized carbons (Fsp3) is 1.00. The molecule has 14 heavy (non-hydrogen) atoms. The van der Waals surface area contributed by atoms with Crippen LogP contribution in [0.3, 0.4) is 0 Å². The quantitative estimate of drug-likeness (QED) is 0.732. The van der Waals surface area contributed by atoms with Crippen LogP contribution in [0.5, 0.6) is 0 Å². The number of aliphatic hydroxyl groups excluding tert-OH is 1. The van der Waals surface area contributed by atoms with Gasteiger partial charge in [0.1, 0.15) is 0 Å². The van der Waals surface area contributed by atoms with Crippen molar-refractivity contribution < 1.29 is 5.11 Å². The largest absolute Gasteiger partial charge is 0.391 e. The van der Waals surface area contributed by atoms with Gasteiger partial charge in [-0.2, -0.15) is 0 Å². The van der Waals surface area contributed by atoms with E-state index in [1.807, 2.05) is 0 Å². The Labute approximate surface area is 87.3 Å². The Morgan fingerprint density at radius 3 is 2.71 bits per heavy atom. The molecular weight excluding hydrogens is 174 g/mol. The van der Waals surface area contributed by atoms with Crippen LogP contribution in [0.4, 0.5) is 0 Å². The number of nitrogens with zero attached hydrogens (tertiary/aromatic N) is 1. The summed E-state index contributed by atoms with van der Waals surface area (Å²) in [6.07, 6.45) is 5.98. The van der Waals surface area contributed by atoms with E-state index in [-0.39, 0.29) is 6.10 Å². The van der Waals surface area contributed by atoms with Crippen LogP contribution in [0.15, 0.2) is 0 Å². The van der Waals surface area contributed by atoms with Crippen LogP contribution in [-0.2, 0) is 0 Å². The molecule has 0 spiro atoms. The van der Waals surface area contributed by atoms with Gasteiger partial charge in [-0.15, -0.1) is 0 Å². The molecule has 1 aliphatic heterocycles. The standard InChI is InChI=1S/C12H23NO/c1-3-10-7-9(2)8-13(10)11-5-4-6-12(11)14/h9-12,14H,3-8H2,1-2H3/t9?,10?,11-,12-/m0/s1. The van der Waals surface area contributed by atoms with Crippen LogP contribution in [-0.4, -0.2) is 34.7 Å². The smallest absolute Gasteiger partial charge is 0.0695 e. The summed E-state index contributed by atoms with van der Waals surface area (Å²) in [7, 11) is 0. The molecule has 0 bridgehead atoms. The summed E-state index contributed by atoms with van der Waals surface area (Å²) in [5.41, 5.74) is 0. The summed E-state index contributed by atoms with van der Waals surface area (Å²) in [6.45, 7) is 5.82. The molecule has 0 aromatic carbocycles. The Bertz CT molecular complexity index is 195. The molecule has 82 valence electrons. The van der Waals surface area contributed by atoms with Gasteiger partial charge in [0.2, 0.25) is 0 Å².